The summed E-state index contributed by atoms with van der Waals surface area (Å²) < 4.78 is 6.28. The summed E-state index contributed by atoms with van der Waals surface area (Å²) in [5.74, 6) is 1.10. The Morgan fingerprint density at radius 2 is 2.23 bits per heavy atom. The molecule has 0 fully saturated rings. The third-order valence-corrected chi connectivity index (χ3v) is 4.09. The van der Waals surface area contributed by atoms with E-state index >= 15 is 0 Å². The van der Waals surface area contributed by atoms with E-state index in [1.165, 1.54) is 15.9 Å². The van der Waals surface area contributed by atoms with Crippen LogP contribution in [0.2, 0.25) is 0 Å². The van der Waals surface area contributed by atoms with Gasteiger partial charge in [0.2, 0.25) is 16.0 Å². The Morgan fingerprint density at radius 1 is 1.41 bits per heavy atom. The van der Waals surface area contributed by atoms with Crippen molar-refractivity contribution in [3.05, 3.63) is 33.8 Å². The summed E-state index contributed by atoms with van der Waals surface area (Å²) in [7, 11) is 1.86. The van der Waals surface area contributed by atoms with Gasteiger partial charge in [0, 0.05) is 25.7 Å². The van der Waals surface area contributed by atoms with Crippen LogP contribution in [0.4, 0.5) is 5.13 Å². The highest BCUT2D eigenvalue weighted by Gasteiger charge is 2.14. The van der Waals surface area contributed by atoms with Crippen LogP contribution in [0.1, 0.15) is 30.8 Å². The summed E-state index contributed by atoms with van der Waals surface area (Å²) >= 11 is 1.37. The average Bonchev–Trinajstić information content (AvgIpc) is 3.06. The average molecular weight is 320 g/mol. The molecule has 9 heteroatoms. The first-order valence-corrected chi connectivity index (χ1v) is 7.78. The zero-order chi connectivity index (χ0) is 15.7. The fourth-order valence-corrected chi connectivity index (χ4v) is 2.96. The molecule has 0 aliphatic rings. The van der Waals surface area contributed by atoms with Gasteiger partial charge in [0.15, 0.2) is 5.82 Å². The Bertz CT molecular complexity index is 852. The molecule has 0 spiro atoms. The van der Waals surface area contributed by atoms with Crippen LogP contribution in [0.3, 0.4) is 0 Å². The lowest BCUT2D eigenvalue weighted by Crippen LogP contribution is -2.19. The predicted molar refractivity (Wildman–Crippen MR) is 82.3 cm³/mol. The van der Waals surface area contributed by atoms with Crippen LogP contribution in [-0.4, -0.2) is 31.8 Å². The van der Waals surface area contributed by atoms with E-state index in [0.717, 1.165) is 18.5 Å². The first-order chi connectivity index (χ1) is 10.6. The van der Waals surface area contributed by atoms with E-state index in [0.29, 0.717) is 28.4 Å². The van der Waals surface area contributed by atoms with Crippen molar-refractivity contribution in [2.75, 3.05) is 11.9 Å². The summed E-state index contributed by atoms with van der Waals surface area (Å²) in [6, 6.07) is 1.54. The van der Waals surface area contributed by atoms with E-state index < -0.39 is 0 Å². The van der Waals surface area contributed by atoms with Gasteiger partial charge < -0.3 is 9.42 Å². The minimum Gasteiger partial charge on any atom is -0.342 e. The van der Waals surface area contributed by atoms with Gasteiger partial charge in [-0.1, -0.05) is 29.8 Å². The molecule has 116 valence electrons. The smallest absolute Gasteiger partial charge is 0.275 e. The van der Waals surface area contributed by atoms with Crippen LogP contribution in [0.5, 0.6) is 0 Å². The molecule has 0 radical (unpaired) electrons. The quantitative estimate of drug-likeness (QED) is 0.702. The lowest BCUT2D eigenvalue weighted by Gasteiger charge is -2.11. The fraction of sp³-hybridized carbons (Fsp3) is 0.462. The summed E-state index contributed by atoms with van der Waals surface area (Å²) in [4.78, 5) is 23.2. The van der Waals surface area contributed by atoms with Gasteiger partial charge in [0.25, 0.3) is 5.56 Å². The third kappa shape index (κ3) is 2.84. The van der Waals surface area contributed by atoms with Crippen molar-refractivity contribution in [1.82, 2.24) is 24.7 Å². The third-order valence-electron chi connectivity index (χ3n) is 3.07. The van der Waals surface area contributed by atoms with Crippen molar-refractivity contribution >= 4 is 21.4 Å². The Hall–Kier alpha value is -2.29. The molecule has 0 amide bonds. The minimum absolute atomic E-state index is 0.153. The van der Waals surface area contributed by atoms with E-state index in [2.05, 4.69) is 27.1 Å². The SMILES string of the molecule is CCCc1cc(=O)n2nc(N(C)Cc3noc(C)n3)sc2n1. The van der Waals surface area contributed by atoms with Gasteiger partial charge in [0.1, 0.15) is 0 Å². The number of hydrogen-bond acceptors (Lipinski definition) is 8. The van der Waals surface area contributed by atoms with E-state index in [9.17, 15) is 4.79 Å². The number of hydrogen-bond donors (Lipinski definition) is 0. The van der Waals surface area contributed by atoms with Gasteiger partial charge in [-0.2, -0.15) is 9.50 Å². The molecule has 3 heterocycles. The second-order valence-electron chi connectivity index (χ2n) is 5.00. The second kappa shape index (κ2) is 5.84. The molecule has 22 heavy (non-hydrogen) atoms. The zero-order valence-corrected chi connectivity index (χ0v) is 13.4. The lowest BCUT2D eigenvalue weighted by atomic mass is 10.2. The van der Waals surface area contributed by atoms with Gasteiger partial charge in [-0.15, -0.1) is 5.10 Å². The van der Waals surface area contributed by atoms with Gasteiger partial charge in [0.05, 0.1) is 6.54 Å². The normalized spacial score (nSPS) is 11.2. The minimum atomic E-state index is -0.153. The second-order valence-corrected chi connectivity index (χ2v) is 5.93. The number of anilines is 1. The Morgan fingerprint density at radius 3 is 2.91 bits per heavy atom. The first-order valence-electron chi connectivity index (χ1n) is 6.97. The highest BCUT2D eigenvalue weighted by atomic mass is 32.1. The maximum Gasteiger partial charge on any atom is 0.275 e. The monoisotopic (exact) mass is 320 g/mol. The van der Waals surface area contributed by atoms with E-state index in [1.807, 2.05) is 11.9 Å². The number of fused-ring (bicyclic) bond motifs is 1. The molecule has 0 atom stereocenters. The summed E-state index contributed by atoms with van der Waals surface area (Å²) in [6.45, 7) is 4.25. The van der Waals surface area contributed by atoms with Crippen LogP contribution in [0, 0.1) is 6.92 Å². The maximum absolute atomic E-state index is 12.1. The molecule has 3 aromatic rings. The van der Waals surface area contributed by atoms with Crippen molar-refractivity contribution in [2.24, 2.45) is 0 Å². The van der Waals surface area contributed by atoms with Gasteiger partial charge >= 0.3 is 0 Å². The molecule has 0 saturated carbocycles. The molecule has 3 aromatic heterocycles. The highest BCUT2D eigenvalue weighted by Crippen LogP contribution is 2.21. The number of aromatic nitrogens is 5. The molecule has 0 N–H and O–H groups in total. The van der Waals surface area contributed by atoms with Crippen LogP contribution in [0.25, 0.3) is 4.96 Å². The van der Waals surface area contributed by atoms with Crippen LogP contribution in [-0.2, 0) is 13.0 Å². The fourth-order valence-electron chi connectivity index (χ4n) is 2.07. The number of rotatable bonds is 5. The van der Waals surface area contributed by atoms with E-state index in [-0.39, 0.29) is 5.56 Å². The van der Waals surface area contributed by atoms with Crippen LogP contribution < -0.4 is 10.5 Å². The maximum atomic E-state index is 12.1. The number of aryl methyl sites for hydroxylation is 2. The van der Waals surface area contributed by atoms with Crippen molar-refractivity contribution in [1.29, 1.82) is 0 Å². The standard InChI is InChI=1S/C13H16N6O2S/c1-4-5-9-6-11(20)19-12(15-9)22-13(16-19)18(3)7-10-14-8(2)21-17-10/h6H,4-5,7H2,1-3H3. The Balaban J connectivity index is 1.90. The molecular weight excluding hydrogens is 304 g/mol. The van der Waals surface area contributed by atoms with Crippen molar-refractivity contribution in [3.63, 3.8) is 0 Å². The largest absolute Gasteiger partial charge is 0.342 e. The number of nitrogens with zero attached hydrogens (tertiary/aromatic N) is 6. The van der Waals surface area contributed by atoms with Crippen molar-refractivity contribution in [2.45, 2.75) is 33.2 Å². The Labute approximate surface area is 130 Å². The van der Waals surface area contributed by atoms with E-state index in [4.69, 9.17) is 4.52 Å². The summed E-state index contributed by atoms with van der Waals surface area (Å²) in [6.07, 6.45) is 1.74. The molecule has 3 rings (SSSR count). The molecular formula is C13H16N6O2S. The predicted octanol–water partition coefficient (Wildman–Crippen LogP) is 1.43. The molecule has 8 nitrogen and oxygen atoms in total. The van der Waals surface area contributed by atoms with E-state index in [1.54, 1.807) is 13.0 Å². The van der Waals surface area contributed by atoms with Crippen molar-refractivity contribution in [3.8, 4) is 0 Å². The summed E-state index contributed by atoms with van der Waals surface area (Å²) in [5, 5.41) is 8.85. The molecule has 0 aliphatic heterocycles. The Kier molecular flexibility index (Phi) is 3.88. The molecule has 0 aromatic carbocycles. The zero-order valence-electron chi connectivity index (χ0n) is 12.6. The lowest BCUT2D eigenvalue weighted by molar-refractivity contribution is 0.387. The molecule has 0 saturated heterocycles. The highest BCUT2D eigenvalue weighted by molar-refractivity contribution is 7.20. The van der Waals surface area contributed by atoms with Gasteiger partial charge in [-0.05, 0) is 6.42 Å². The molecule has 0 unspecified atom stereocenters. The van der Waals surface area contributed by atoms with Crippen molar-refractivity contribution < 1.29 is 4.52 Å². The van der Waals surface area contributed by atoms with Crippen LogP contribution in [0.15, 0.2) is 15.4 Å². The topological polar surface area (TPSA) is 89.4 Å². The first kappa shape index (κ1) is 14.6. The molecule has 0 aliphatic carbocycles. The van der Waals surface area contributed by atoms with Crippen LogP contribution >= 0.6 is 11.3 Å². The van der Waals surface area contributed by atoms with Gasteiger partial charge in [-0.3, -0.25) is 4.79 Å². The molecule has 0 bridgehead atoms. The summed E-state index contributed by atoms with van der Waals surface area (Å²) in [5.41, 5.74) is 0.652. The van der Waals surface area contributed by atoms with Gasteiger partial charge in [-0.25, -0.2) is 4.98 Å².